The van der Waals surface area contributed by atoms with Crippen molar-refractivity contribution in [2.24, 2.45) is 29.6 Å². The van der Waals surface area contributed by atoms with Crippen LogP contribution in [0.2, 0.25) is 0 Å². The number of ketones is 1. The van der Waals surface area contributed by atoms with Gasteiger partial charge in [0, 0.05) is 29.7 Å². The quantitative estimate of drug-likeness (QED) is 0.299. The van der Waals surface area contributed by atoms with Crippen molar-refractivity contribution in [1.29, 1.82) is 0 Å². The normalized spacial score (nSPS) is 34.7. The van der Waals surface area contributed by atoms with Crippen LogP contribution in [0.1, 0.15) is 35.0 Å². The first-order chi connectivity index (χ1) is 26.8. The largest absolute Gasteiger partial charge is 0.504 e. The van der Waals surface area contributed by atoms with Crippen molar-refractivity contribution in [2.45, 2.75) is 36.3 Å². The van der Waals surface area contributed by atoms with Crippen LogP contribution < -0.4 is 23.7 Å². The Balaban J connectivity index is 0.938. The molecule has 6 aliphatic rings. The molecule has 3 aromatic rings. The van der Waals surface area contributed by atoms with Crippen LogP contribution in [-0.4, -0.2) is 95.7 Å². The number of carbonyl (C=O) groups is 1. The highest BCUT2D eigenvalue weighted by Crippen LogP contribution is 2.54. The molecule has 0 unspecified atom stereocenters. The smallest absolute Gasteiger partial charge is 0.299 e. The lowest BCUT2D eigenvalue weighted by molar-refractivity contribution is -0.220. The molecule has 5 aliphatic heterocycles. The molecule has 0 bridgehead atoms. The first kappa shape index (κ1) is 36.1. The zero-order chi connectivity index (χ0) is 38.0. The van der Waals surface area contributed by atoms with Crippen LogP contribution in [-0.2, 0) is 33.2 Å². The Labute approximate surface area is 317 Å². The van der Waals surface area contributed by atoms with Crippen molar-refractivity contribution in [3.63, 3.8) is 0 Å². The molecule has 14 heteroatoms. The van der Waals surface area contributed by atoms with E-state index in [4.69, 9.17) is 52.1 Å². The molecule has 0 aromatic heterocycles. The zero-order valence-electron chi connectivity index (χ0n) is 30.9. The third-order valence-corrected chi connectivity index (χ3v) is 12.1. The number of fused-ring (bicyclic) bond motifs is 3. The third-order valence-electron chi connectivity index (χ3n) is 12.1. The van der Waals surface area contributed by atoms with Crippen molar-refractivity contribution in [3.8, 4) is 34.5 Å². The fourth-order valence-electron chi connectivity index (χ4n) is 9.36. The Kier molecular flexibility index (Phi) is 9.30. The molecular formula is C41H44O14. The molecule has 2 N–H and O–H groups in total. The van der Waals surface area contributed by atoms with Crippen LogP contribution in [0.25, 0.3) is 0 Å². The van der Waals surface area contributed by atoms with Gasteiger partial charge in [0.2, 0.25) is 0 Å². The number of benzene rings is 3. The maximum atomic E-state index is 13.7. The number of aromatic hydroxyl groups is 1. The molecule has 0 spiro atoms. The molecule has 1 aliphatic carbocycles. The van der Waals surface area contributed by atoms with E-state index in [1.807, 2.05) is 36.4 Å². The number of ether oxygens (including phenoxy) is 11. The second-order valence-corrected chi connectivity index (χ2v) is 14.7. The van der Waals surface area contributed by atoms with Crippen molar-refractivity contribution < 1.29 is 67.1 Å². The number of hydrogen-bond donors (Lipinski definition) is 2. The summed E-state index contributed by atoms with van der Waals surface area (Å²) in [4.78, 5) is 13.7. The van der Waals surface area contributed by atoms with Crippen LogP contribution in [0.5, 0.6) is 34.5 Å². The maximum absolute atomic E-state index is 13.7. The summed E-state index contributed by atoms with van der Waals surface area (Å²) in [6.45, 7) is 1.42. The summed E-state index contributed by atoms with van der Waals surface area (Å²) in [5, 5.41) is 22.2. The maximum Gasteiger partial charge on any atom is 0.299 e. The number of rotatable bonds is 10. The molecule has 5 heterocycles. The van der Waals surface area contributed by atoms with Crippen molar-refractivity contribution in [2.75, 3.05) is 61.7 Å². The van der Waals surface area contributed by atoms with E-state index in [-0.39, 0.29) is 71.8 Å². The fourth-order valence-corrected chi connectivity index (χ4v) is 9.36. The average Bonchev–Trinajstić information content (AvgIpc) is 4.04. The van der Waals surface area contributed by atoms with Crippen LogP contribution in [0.3, 0.4) is 0 Å². The second-order valence-electron chi connectivity index (χ2n) is 14.7. The molecule has 14 nitrogen and oxygen atoms in total. The summed E-state index contributed by atoms with van der Waals surface area (Å²) in [7, 11) is 6.22. The Morgan fingerprint density at radius 1 is 0.636 bits per heavy atom. The highest BCUT2D eigenvalue weighted by molar-refractivity contribution is 5.95. The van der Waals surface area contributed by atoms with Crippen LogP contribution in [0, 0.1) is 29.6 Å². The predicted molar refractivity (Wildman–Crippen MR) is 190 cm³/mol. The van der Waals surface area contributed by atoms with Gasteiger partial charge < -0.3 is 57.6 Å². The molecule has 9 rings (SSSR count). The van der Waals surface area contributed by atoms with Gasteiger partial charge in [-0.2, -0.15) is 0 Å². The van der Waals surface area contributed by atoms with Crippen LogP contribution in [0.15, 0.2) is 66.4 Å². The lowest BCUT2D eigenvalue weighted by atomic mass is 9.75. The molecule has 5 fully saturated rings. The van der Waals surface area contributed by atoms with Gasteiger partial charge in [0.15, 0.2) is 52.8 Å². The first-order valence-electron chi connectivity index (χ1n) is 18.4. The molecular weight excluding hydrogens is 716 g/mol. The number of methoxy groups -OCH3 is 4. The van der Waals surface area contributed by atoms with E-state index in [0.717, 1.165) is 16.7 Å². The summed E-state index contributed by atoms with van der Waals surface area (Å²) in [5.41, 5.74) is 2.69. The minimum absolute atomic E-state index is 0.0639. The SMILES string of the molecule is COc1cc([C@@H]2OC[C@@H]3[C@H]2CO[C@@H]3c2ccc(O[C@]34OCOC3=CC(=O)[C@@H]([C@@H]3OC[C@H]5[C@@H]3CO[C@H]5c3ccc(OC)c(OC)c3)[C@@H]4O)c(OC)c2)ccc1O. The standard InChI is InChI=1S/C41H44O14/c1-45-29-9-6-21(12-32(29)47-3)38-25-17-52-39(26(25)18-51-38)35-28(43)14-34-41(40(35)44,54-19-53-34)55-30-10-7-22(13-33(30)48-4)37-24-16-49-36(23(24)15-50-37)20-5-8-27(42)31(11-20)46-2/h5-14,23-26,35-40,42,44H,15-19H2,1-4H3/t23-,24-,25+,26+,35+,36+,37-,38+,39-,40+,41-/m1/s1. The van der Waals surface area contributed by atoms with E-state index >= 15 is 0 Å². The fraction of sp³-hybridized carbons (Fsp3) is 0.488. The summed E-state index contributed by atoms with van der Waals surface area (Å²) >= 11 is 0. The number of hydrogen-bond acceptors (Lipinski definition) is 14. The summed E-state index contributed by atoms with van der Waals surface area (Å²) < 4.78 is 65.7. The number of allylic oxidation sites excluding steroid dienone is 1. The van der Waals surface area contributed by atoms with Gasteiger partial charge in [-0.05, 0) is 53.1 Å². The number of phenols is 1. The minimum atomic E-state index is -1.83. The van der Waals surface area contributed by atoms with Gasteiger partial charge in [-0.1, -0.05) is 18.2 Å². The van der Waals surface area contributed by atoms with Gasteiger partial charge in [-0.3, -0.25) is 9.53 Å². The molecule has 292 valence electrons. The Morgan fingerprint density at radius 3 is 1.76 bits per heavy atom. The molecule has 5 saturated heterocycles. The molecule has 0 amide bonds. The summed E-state index contributed by atoms with van der Waals surface area (Å²) in [6.07, 6.45) is -1.60. The topological polar surface area (TPSA) is 159 Å². The number of phenolic OH excluding ortho intramolecular Hbond substituents is 1. The van der Waals surface area contributed by atoms with Gasteiger partial charge in [0.1, 0.15) is 6.10 Å². The molecule has 11 atom stereocenters. The van der Waals surface area contributed by atoms with E-state index in [0.29, 0.717) is 49.4 Å². The van der Waals surface area contributed by atoms with E-state index in [1.54, 1.807) is 32.4 Å². The molecule has 3 aromatic carbocycles. The second kappa shape index (κ2) is 14.2. The average molecular weight is 761 g/mol. The summed E-state index contributed by atoms with van der Waals surface area (Å²) in [5.74, 6) is -0.898. The predicted octanol–water partition coefficient (Wildman–Crippen LogP) is 4.43. The van der Waals surface area contributed by atoms with Gasteiger partial charge in [-0.15, -0.1) is 0 Å². The minimum Gasteiger partial charge on any atom is -0.504 e. The lowest BCUT2D eigenvalue weighted by Crippen LogP contribution is -2.59. The van der Waals surface area contributed by atoms with Crippen LogP contribution in [0.4, 0.5) is 0 Å². The van der Waals surface area contributed by atoms with Gasteiger partial charge in [-0.25, -0.2) is 0 Å². The Hall–Kier alpha value is -4.57. The zero-order valence-corrected chi connectivity index (χ0v) is 30.9. The van der Waals surface area contributed by atoms with Crippen molar-refractivity contribution in [1.82, 2.24) is 0 Å². The number of aliphatic hydroxyl groups is 1. The van der Waals surface area contributed by atoms with E-state index in [9.17, 15) is 15.0 Å². The summed E-state index contributed by atoms with van der Waals surface area (Å²) in [6, 6.07) is 16.4. The third kappa shape index (κ3) is 5.80. The van der Waals surface area contributed by atoms with E-state index in [2.05, 4.69) is 0 Å². The first-order valence-corrected chi connectivity index (χ1v) is 18.4. The highest BCUT2D eigenvalue weighted by Gasteiger charge is 2.63. The van der Waals surface area contributed by atoms with E-state index < -0.39 is 23.9 Å². The molecule has 0 radical (unpaired) electrons. The van der Waals surface area contributed by atoms with Crippen molar-refractivity contribution >= 4 is 5.78 Å². The molecule has 0 saturated carbocycles. The van der Waals surface area contributed by atoms with Crippen LogP contribution >= 0.6 is 0 Å². The van der Waals surface area contributed by atoms with Gasteiger partial charge in [0.05, 0.1) is 85.2 Å². The lowest BCUT2D eigenvalue weighted by Gasteiger charge is -2.41. The Morgan fingerprint density at radius 2 is 1.15 bits per heavy atom. The molecule has 55 heavy (non-hydrogen) atoms. The van der Waals surface area contributed by atoms with Gasteiger partial charge in [0.25, 0.3) is 5.79 Å². The van der Waals surface area contributed by atoms with Crippen molar-refractivity contribution in [3.05, 3.63) is 83.1 Å². The number of aliphatic hydroxyl groups excluding tert-OH is 1. The highest BCUT2D eigenvalue weighted by atomic mass is 16.8. The number of carbonyl (C=O) groups excluding carboxylic acids is 1. The van der Waals surface area contributed by atoms with Gasteiger partial charge >= 0.3 is 0 Å². The Bertz CT molecular complexity index is 1980. The van der Waals surface area contributed by atoms with E-state index in [1.165, 1.54) is 20.3 Å². The monoisotopic (exact) mass is 760 g/mol.